The number of hydrogen-bond acceptors (Lipinski definition) is 8. The Kier molecular flexibility index (Phi) is 5.05. The predicted molar refractivity (Wildman–Crippen MR) is 103 cm³/mol. The van der Waals surface area contributed by atoms with Crippen LogP contribution in [0.2, 0.25) is 0 Å². The Morgan fingerprint density at radius 1 is 1.25 bits per heavy atom. The molecule has 1 unspecified atom stereocenters. The molecule has 10 heteroatoms. The second-order valence-corrected chi connectivity index (χ2v) is 8.49. The van der Waals surface area contributed by atoms with Crippen molar-refractivity contribution in [3.05, 3.63) is 54.3 Å². The standard InChI is InChI=1S/C18H20N6O3S/c1-28(25,26)23-16-11-14(6-9-20-16)17-21-18(27-22-17)15-3-2-10-24(15)12-13-4-7-19-8-5-13/h4-9,11,15H,2-3,10,12H2,1H3,(H,20,23). The first-order chi connectivity index (χ1) is 13.5. The van der Waals surface area contributed by atoms with E-state index in [9.17, 15) is 8.42 Å². The first-order valence-corrected chi connectivity index (χ1v) is 10.8. The lowest BCUT2D eigenvalue weighted by atomic mass is 10.2. The Hall–Kier alpha value is -2.85. The van der Waals surface area contributed by atoms with E-state index >= 15 is 0 Å². The average Bonchev–Trinajstić information content (AvgIpc) is 3.30. The number of hydrogen-bond donors (Lipinski definition) is 1. The predicted octanol–water partition coefficient (Wildman–Crippen LogP) is 2.24. The molecular weight excluding hydrogens is 380 g/mol. The van der Waals surface area contributed by atoms with E-state index < -0.39 is 10.0 Å². The number of sulfonamides is 1. The zero-order valence-corrected chi connectivity index (χ0v) is 16.1. The number of anilines is 1. The fraction of sp³-hybridized carbons (Fsp3) is 0.333. The number of nitrogens with one attached hydrogen (secondary N) is 1. The summed E-state index contributed by atoms with van der Waals surface area (Å²) in [5, 5.41) is 4.08. The molecule has 28 heavy (non-hydrogen) atoms. The molecule has 3 aromatic rings. The fourth-order valence-corrected chi connectivity index (χ4v) is 3.81. The van der Waals surface area contributed by atoms with Gasteiger partial charge in [-0.15, -0.1) is 0 Å². The summed E-state index contributed by atoms with van der Waals surface area (Å²) in [5.74, 6) is 1.19. The van der Waals surface area contributed by atoms with Gasteiger partial charge in [-0.1, -0.05) is 5.16 Å². The summed E-state index contributed by atoms with van der Waals surface area (Å²) in [7, 11) is -3.41. The lowest BCUT2D eigenvalue weighted by molar-refractivity contribution is 0.201. The molecule has 1 saturated heterocycles. The van der Waals surface area contributed by atoms with Gasteiger partial charge in [0.25, 0.3) is 0 Å². The van der Waals surface area contributed by atoms with E-state index in [2.05, 4.69) is 29.7 Å². The molecule has 0 saturated carbocycles. The third-order valence-electron chi connectivity index (χ3n) is 4.53. The van der Waals surface area contributed by atoms with E-state index in [1.165, 1.54) is 11.8 Å². The van der Waals surface area contributed by atoms with Crippen molar-refractivity contribution < 1.29 is 12.9 Å². The topological polar surface area (TPSA) is 114 Å². The number of nitrogens with zero attached hydrogens (tertiary/aromatic N) is 5. The first-order valence-electron chi connectivity index (χ1n) is 8.89. The van der Waals surface area contributed by atoms with Gasteiger partial charge >= 0.3 is 0 Å². The molecule has 4 rings (SSSR count). The largest absolute Gasteiger partial charge is 0.337 e. The van der Waals surface area contributed by atoms with Crippen molar-refractivity contribution in [2.75, 3.05) is 17.5 Å². The molecule has 0 bridgehead atoms. The average molecular weight is 400 g/mol. The van der Waals surface area contributed by atoms with Crippen LogP contribution in [0.3, 0.4) is 0 Å². The monoisotopic (exact) mass is 400 g/mol. The fourth-order valence-electron chi connectivity index (χ4n) is 3.32. The van der Waals surface area contributed by atoms with Gasteiger partial charge in [-0.25, -0.2) is 13.4 Å². The van der Waals surface area contributed by atoms with E-state index in [4.69, 9.17) is 4.52 Å². The lowest BCUT2D eigenvalue weighted by Crippen LogP contribution is -2.23. The summed E-state index contributed by atoms with van der Waals surface area (Å²) in [4.78, 5) is 14.9. The van der Waals surface area contributed by atoms with Gasteiger partial charge in [0.1, 0.15) is 5.82 Å². The Balaban J connectivity index is 1.53. The molecule has 0 spiro atoms. The maximum Gasteiger partial charge on any atom is 0.244 e. The van der Waals surface area contributed by atoms with Crippen LogP contribution in [0.1, 0.15) is 30.3 Å². The molecule has 4 heterocycles. The van der Waals surface area contributed by atoms with Gasteiger partial charge in [0, 0.05) is 30.7 Å². The highest BCUT2D eigenvalue weighted by Crippen LogP contribution is 2.33. The number of pyridine rings is 2. The second kappa shape index (κ2) is 7.64. The molecule has 146 valence electrons. The van der Waals surface area contributed by atoms with E-state index in [1.54, 1.807) is 24.5 Å². The molecule has 9 nitrogen and oxygen atoms in total. The van der Waals surface area contributed by atoms with Crippen molar-refractivity contribution in [1.29, 1.82) is 0 Å². The number of likely N-dealkylation sites (tertiary alicyclic amines) is 1. The molecule has 0 aromatic carbocycles. The summed E-state index contributed by atoms with van der Waals surface area (Å²) in [6.07, 6.45) is 8.16. The van der Waals surface area contributed by atoms with E-state index in [0.29, 0.717) is 17.3 Å². The van der Waals surface area contributed by atoms with Crippen LogP contribution < -0.4 is 4.72 Å². The van der Waals surface area contributed by atoms with Crippen molar-refractivity contribution in [2.45, 2.75) is 25.4 Å². The lowest BCUT2D eigenvalue weighted by Gasteiger charge is -2.21. The molecule has 1 aliphatic heterocycles. The third kappa shape index (κ3) is 4.34. The SMILES string of the molecule is CS(=O)(=O)Nc1cc(-c2noc(C3CCCN3Cc3ccncc3)n2)ccn1. The van der Waals surface area contributed by atoms with Crippen LogP contribution in [-0.4, -0.2) is 46.2 Å². The van der Waals surface area contributed by atoms with Gasteiger partial charge in [0.2, 0.25) is 21.7 Å². The summed E-state index contributed by atoms with van der Waals surface area (Å²) in [6.45, 7) is 1.75. The van der Waals surface area contributed by atoms with Crippen LogP contribution in [0.25, 0.3) is 11.4 Å². The molecule has 0 aliphatic carbocycles. The summed E-state index contributed by atoms with van der Waals surface area (Å²) in [6, 6.07) is 7.36. The van der Waals surface area contributed by atoms with Gasteiger partial charge in [-0.2, -0.15) is 4.98 Å². The summed E-state index contributed by atoms with van der Waals surface area (Å²) in [5.41, 5.74) is 1.82. The molecular formula is C18H20N6O3S. The minimum absolute atomic E-state index is 0.0601. The van der Waals surface area contributed by atoms with Crippen LogP contribution in [0.5, 0.6) is 0 Å². The Morgan fingerprint density at radius 3 is 2.86 bits per heavy atom. The van der Waals surface area contributed by atoms with Crippen LogP contribution >= 0.6 is 0 Å². The number of aromatic nitrogens is 4. The molecule has 0 amide bonds. The molecule has 3 aromatic heterocycles. The Bertz CT molecular complexity index is 1050. The van der Waals surface area contributed by atoms with Crippen LogP contribution in [0, 0.1) is 0 Å². The molecule has 1 fully saturated rings. The van der Waals surface area contributed by atoms with Crippen molar-refractivity contribution in [3.8, 4) is 11.4 Å². The highest BCUT2D eigenvalue weighted by molar-refractivity contribution is 7.92. The second-order valence-electron chi connectivity index (χ2n) is 6.74. The number of rotatable bonds is 6. The maximum absolute atomic E-state index is 11.4. The van der Waals surface area contributed by atoms with Gasteiger partial charge in [0.15, 0.2) is 0 Å². The van der Waals surface area contributed by atoms with E-state index in [0.717, 1.165) is 32.2 Å². The first kappa shape index (κ1) is 18.5. The van der Waals surface area contributed by atoms with Gasteiger partial charge in [-0.05, 0) is 49.2 Å². The van der Waals surface area contributed by atoms with Crippen LogP contribution in [-0.2, 0) is 16.6 Å². The quantitative estimate of drug-likeness (QED) is 0.670. The normalized spacial score (nSPS) is 17.7. The highest BCUT2D eigenvalue weighted by Gasteiger charge is 2.30. The van der Waals surface area contributed by atoms with Gasteiger partial charge < -0.3 is 4.52 Å². The van der Waals surface area contributed by atoms with Gasteiger partial charge in [-0.3, -0.25) is 14.6 Å². The molecule has 1 aliphatic rings. The minimum Gasteiger partial charge on any atom is -0.337 e. The molecule has 1 N–H and O–H groups in total. The summed E-state index contributed by atoms with van der Waals surface area (Å²) >= 11 is 0. The molecule has 0 radical (unpaired) electrons. The highest BCUT2D eigenvalue weighted by atomic mass is 32.2. The van der Waals surface area contributed by atoms with Crippen LogP contribution in [0.4, 0.5) is 5.82 Å². The smallest absolute Gasteiger partial charge is 0.244 e. The van der Waals surface area contributed by atoms with Crippen molar-refractivity contribution in [3.63, 3.8) is 0 Å². The van der Waals surface area contributed by atoms with E-state index in [-0.39, 0.29) is 11.9 Å². The van der Waals surface area contributed by atoms with E-state index in [1.807, 2.05) is 12.1 Å². The maximum atomic E-state index is 11.4. The van der Waals surface area contributed by atoms with Crippen molar-refractivity contribution in [2.24, 2.45) is 0 Å². The van der Waals surface area contributed by atoms with Gasteiger partial charge in [0.05, 0.1) is 12.3 Å². The zero-order chi connectivity index (χ0) is 19.6. The van der Waals surface area contributed by atoms with Crippen molar-refractivity contribution >= 4 is 15.8 Å². The Labute approximate surface area is 162 Å². The third-order valence-corrected chi connectivity index (χ3v) is 5.11. The zero-order valence-electron chi connectivity index (χ0n) is 15.3. The van der Waals surface area contributed by atoms with Crippen LogP contribution in [0.15, 0.2) is 47.4 Å². The Morgan fingerprint density at radius 2 is 2.07 bits per heavy atom. The minimum atomic E-state index is -3.41. The molecule has 1 atom stereocenters. The van der Waals surface area contributed by atoms with Crippen molar-refractivity contribution in [1.82, 2.24) is 25.0 Å². The summed E-state index contributed by atoms with van der Waals surface area (Å²) < 4.78 is 30.7.